The molecular weight excluding hydrogens is 288 g/mol. The minimum Gasteiger partial charge on any atom is -0.430 e. The first-order valence-electron chi connectivity index (χ1n) is 4.41. The molecule has 1 atom stereocenters. The summed E-state index contributed by atoms with van der Waals surface area (Å²) in [6.45, 7) is 0. The third kappa shape index (κ3) is 3.59. The maximum Gasteiger partial charge on any atom is 0.439 e. The Kier molecular flexibility index (Phi) is 4.20. The number of rotatable bonds is 4. The van der Waals surface area contributed by atoms with Crippen LogP contribution in [0, 0.1) is 0 Å². The molecule has 1 aromatic rings. The van der Waals surface area contributed by atoms with Gasteiger partial charge in [-0.2, -0.15) is 22.0 Å². The first-order chi connectivity index (χ1) is 8.16. The number of benzene rings is 1. The lowest BCUT2D eigenvalue weighted by Gasteiger charge is -2.23. The van der Waals surface area contributed by atoms with Crippen LogP contribution in [-0.2, 0) is 0 Å². The zero-order chi connectivity index (χ0) is 14.0. The molecule has 0 heterocycles. The molecule has 1 N–H and O–H groups in total. The average Bonchev–Trinajstić information content (AvgIpc) is 2.27. The van der Waals surface area contributed by atoms with Crippen molar-refractivity contribution in [3.8, 4) is 5.75 Å². The highest BCUT2D eigenvalue weighted by Gasteiger charge is 2.59. The van der Waals surface area contributed by atoms with E-state index in [1.54, 1.807) is 0 Å². The summed E-state index contributed by atoms with van der Waals surface area (Å²) >= 11 is 5.17. The molecule has 0 aromatic heterocycles. The highest BCUT2D eigenvalue weighted by atomic mass is 35.5. The molecular formula is C9H6ClF6NO. The Bertz CT molecular complexity index is 393. The molecule has 1 aromatic carbocycles. The highest BCUT2D eigenvalue weighted by Crippen LogP contribution is 2.36. The van der Waals surface area contributed by atoms with E-state index in [0.29, 0.717) is 5.69 Å². The van der Waals surface area contributed by atoms with Crippen molar-refractivity contribution in [3.63, 3.8) is 0 Å². The molecule has 9 heteroatoms. The highest BCUT2D eigenvalue weighted by molar-refractivity contribution is 6.23. The van der Waals surface area contributed by atoms with E-state index in [2.05, 4.69) is 9.57 Å². The third-order valence-corrected chi connectivity index (χ3v) is 2.02. The number of alkyl halides is 6. The van der Waals surface area contributed by atoms with E-state index in [1.807, 2.05) is 0 Å². The van der Waals surface area contributed by atoms with Crippen molar-refractivity contribution in [2.45, 2.75) is 18.5 Å². The van der Waals surface area contributed by atoms with Gasteiger partial charge in [-0.1, -0.05) is 0 Å². The van der Waals surface area contributed by atoms with Gasteiger partial charge in [0.1, 0.15) is 5.75 Å². The average molecular weight is 294 g/mol. The summed E-state index contributed by atoms with van der Waals surface area (Å²) in [5, 5.41) is 0. The second kappa shape index (κ2) is 5.13. The Morgan fingerprint density at radius 3 is 1.94 bits per heavy atom. The van der Waals surface area contributed by atoms with Crippen LogP contribution in [0.1, 0.15) is 0 Å². The summed E-state index contributed by atoms with van der Waals surface area (Å²) in [4.78, 5) is 2.14. The topological polar surface area (TPSA) is 21.3 Å². The molecule has 0 aliphatic rings. The zero-order valence-corrected chi connectivity index (χ0v) is 9.20. The second-order valence-corrected chi connectivity index (χ2v) is 3.38. The predicted octanol–water partition coefficient (Wildman–Crippen LogP) is 4.12. The molecule has 1 rings (SSSR count). The van der Waals surface area contributed by atoms with E-state index < -0.39 is 24.2 Å². The van der Waals surface area contributed by atoms with Crippen molar-refractivity contribution in [3.05, 3.63) is 24.3 Å². The van der Waals surface area contributed by atoms with Crippen LogP contribution < -0.4 is 9.57 Å². The number of hydrogen-bond donors (Lipinski definition) is 1. The van der Waals surface area contributed by atoms with Crippen LogP contribution in [-0.4, -0.2) is 18.5 Å². The first kappa shape index (κ1) is 14.7. The minimum atomic E-state index is -5.71. The van der Waals surface area contributed by atoms with Gasteiger partial charge in [-0.25, -0.2) is 4.39 Å². The van der Waals surface area contributed by atoms with Crippen LogP contribution in [0.15, 0.2) is 24.3 Å². The molecule has 0 saturated carbocycles. The summed E-state index contributed by atoms with van der Waals surface area (Å²) in [5.74, 6) is -0.623. The van der Waals surface area contributed by atoms with E-state index in [1.165, 1.54) is 12.1 Å². The molecule has 0 bridgehead atoms. The smallest absolute Gasteiger partial charge is 0.430 e. The largest absolute Gasteiger partial charge is 0.439 e. The molecule has 0 fully saturated rings. The Morgan fingerprint density at radius 1 is 1.06 bits per heavy atom. The molecule has 0 aliphatic carbocycles. The fraction of sp³-hybridized carbons (Fsp3) is 0.333. The van der Waals surface area contributed by atoms with Crippen molar-refractivity contribution in [2.75, 3.05) is 4.84 Å². The Morgan fingerprint density at radius 2 is 1.56 bits per heavy atom. The lowest BCUT2D eigenvalue weighted by molar-refractivity contribution is -0.304. The van der Waals surface area contributed by atoms with Gasteiger partial charge < -0.3 is 4.74 Å². The van der Waals surface area contributed by atoms with Crippen LogP contribution in [0.5, 0.6) is 5.75 Å². The quantitative estimate of drug-likeness (QED) is 0.666. The van der Waals surface area contributed by atoms with Crippen molar-refractivity contribution in [1.82, 2.24) is 0 Å². The fourth-order valence-corrected chi connectivity index (χ4v) is 1.11. The van der Waals surface area contributed by atoms with Gasteiger partial charge in [0.15, 0.2) is 0 Å². The van der Waals surface area contributed by atoms with E-state index in [9.17, 15) is 26.3 Å². The summed E-state index contributed by atoms with van der Waals surface area (Å²) in [5.41, 5.74) is 0.306. The number of ether oxygens (including phenoxy) is 1. The molecule has 0 aliphatic heterocycles. The summed E-state index contributed by atoms with van der Waals surface area (Å²) < 4.78 is 77.2. The normalized spacial score (nSPS) is 14.2. The maximum absolute atomic E-state index is 12.8. The van der Waals surface area contributed by atoms with Crippen LogP contribution in [0.3, 0.4) is 0 Å². The molecule has 1 unspecified atom stereocenters. The standard InChI is InChI=1S/C9H6ClF6NO/c10-17-5-1-3-6(4-2-5)18-9(15,16)7(11)8(12,13)14/h1-4,7,17H. The zero-order valence-electron chi connectivity index (χ0n) is 8.44. The number of hydrogen-bond acceptors (Lipinski definition) is 2. The van der Waals surface area contributed by atoms with Gasteiger partial charge in [-0.05, 0) is 24.3 Å². The monoisotopic (exact) mass is 293 g/mol. The fourth-order valence-electron chi connectivity index (χ4n) is 0.985. The SMILES string of the molecule is FC(C(F)(F)F)C(F)(F)Oc1ccc(NCl)cc1. The van der Waals surface area contributed by atoms with Crippen LogP contribution in [0.2, 0.25) is 0 Å². The maximum atomic E-state index is 12.8. The third-order valence-electron chi connectivity index (χ3n) is 1.80. The van der Waals surface area contributed by atoms with Gasteiger partial charge in [0, 0.05) is 17.5 Å². The van der Waals surface area contributed by atoms with Gasteiger partial charge >= 0.3 is 12.3 Å². The molecule has 0 amide bonds. The van der Waals surface area contributed by atoms with E-state index in [0.717, 1.165) is 12.1 Å². The molecule has 0 spiro atoms. The van der Waals surface area contributed by atoms with Gasteiger partial charge in [-0.15, -0.1) is 0 Å². The summed E-state index contributed by atoms with van der Waals surface area (Å²) in [7, 11) is 0. The lowest BCUT2D eigenvalue weighted by Crippen LogP contribution is -2.45. The van der Waals surface area contributed by atoms with Gasteiger partial charge in [-0.3, -0.25) is 4.84 Å². The minimum absolute atomic E-state index is 0.306. The second-order valence-electron chi connectivity index (χ2n) is 3.19. The van der Waals surface area contributed by atoms with Crippen LogP contribution in [0.4, 0.5) is 32.0 Å². The Labute approximate surface area is 103 Å². The van der Waals surface area contributed by atoms with Gasteiger partial charge in [0.05, 0.1) is 0 Å². The van der Waals surface area contributed by atoms with Crippen LogP contribution in [0.25, 0.3) is 0 Å². The Hall–Kier alpha value is -1.31. The number of halogens is 7. The van der Waals surface area contributed by atoms with Crippen molar-refractivity contribution in [1.29, 1.82) is 0 Å². The summed E-state index contributed by atoms with van der Waals surface area (Å²) in [6.07, 6.45) is -15.1. The number of anilines is 1. The van der Waals surface area contributed by atoms with Crippen molar-refractivity contribution in [2.24, 2.45) is 0 Å². The molecule has 18 heavy (non-hydrogen) atoms. The van der Waals surface area contributed by atoms with Crippen molar-refractivity contribution < 1.29 is 31.1 Å². The predicted molar refractivity (Wildman–Crippen MR) is 52.4 cm³/mol. The molecule has 0 radical (unpaired) electrons. The first-order valence-corrected chi connectivity index (χ1v) is 4.79. The van der Waals surface area contributed by atoms with E-state index >= 15 is 0 Å². The molecule has 0 saturated heterocycles. The van der Waals surface area contributed by atoms with Gasteiger partial charge in [0.25, 0.3) is 6.17 Å². The molecule has 2 nitrogen and oxygen atoms in total. The van der Waals surface area contributed by atoms with E-state index in [4.69, 9.17) is 11.8 Å². The van der Waals surface area contributed by atoms with Gasteiger partial charge in [0.2, 0.25) is 0 Å². The lowest BCUT2D eigenvalue weighted by atomic mass is 10.3. The summed E-state index contributed by atoms with van der Waals surface area (Å²) in [6, 6.07) is 4.17. The van der Waals surface area contributed by atoms with Crippen LogP contribution >= 0.6 is 11.8 Å². The number of nitrogens with one attached hydrogen (secondary N) is 1. The van der Waals surface area contributed by atoms with E-state index in [-0.39, 0.29) is 0 Å². The van der Waals surface area contributed by atoms with Crippen molar-refractivity contribution >= 4 is 17.5 Å². The molecule has 102 valence electrons. The Balaban J connectivity index is 2.81.